The Morgan fingerprint density at radius 2 is 2.00 bits per heavy atom. The molecule has 4 rings (SSSR count). The van der Waals surface area contributed by atoms with Crippen molar-refractivity contribution in [1.82, 2.24) is 25.5 Å². The molecule has 0 aliphatic carbocycles. The van der Waals surface area contributed by atoms with Crippen LogP contribution in [-0.4, -0.2) is 45.5 Å². The molecule has 0 saturated heterocycles. The summed E-state index contributed by atoms with van der Waals surface area (Å²) in [7, 11) is 1.65. The summed E-state index contributed by atoms with van der Waals surface area (Å²) >= 11 is 2.93. The van der Waals surface area contributed by atoms with Crippen LogP contribution in [0.15, 0.2) is 66.0 Å². The van der Waals surface area contributed by atoms with E-state index in [9.17, 15) is 4.79 Å². The zero-order valence-electron chi connectivity index (χ0n) is 18.3. The van der Waals surface area contributed by atoms with E-state index in [4.69, 9.17) is 4.74 Å². The summed E-state index contributed by atoms with van der Waals surface area (Å²) in [5.74, 6) is 1.07. The van der Waals surface area contributed by atoms with Crippen LogP contribution in [0.25, 0.3) is 21.1 Å². The Hall–Kier alpha value is -3.30. The third-order valence-electron chi connectivity index (χ3n) is 4.84. The largest absolute Gasteiger partial charge is 0.496 e. The average Bonchev–Trinajstić information content (AvgIpc) is 3.25. The number of methoxy groups -OCH3 is 1. The zero-order chi connectivity index (χ0) is 23.0. The monoisotopic (exact) mass is 477 g/mol. The highest BCUT2D eigenvalue weighted by Gasteiger charge is 2.13. The highest BCUT2D eigenvalue weighted by atomic mass is 32.2. The van der Waals surface area contributed by atoms with Crippen LogP contribution in [-0.2, 0) is 11.2 Å². The zero-order valence-corrected chi connectivity index (χ0v) is 19.9. The van der Waals surface area contributed by atoms with Crippen LogP contribution in [0.2, 0.25) is 0 Å². The molecule has 168 valence electrons. The third kappa shape index (κ3) is 5.94. The number of aromatic nitrogens is 4. The van der Waals surface area contributed by atoms with E-state index in [2.05, 4.69) is 25.5 Å². The SMILES string of the molecule is COc1ccccc1CCNC(=O)CSc1ccc(-c2sc(-c3cccnc3)nc2C)nn1. The first kappa shape index (κ1) is 22.9. The van der Waals surface area contributed by atoms with Crippen molar-refractivity contribution < 1.29 is 9.53 Å². The van der Waals surface area contributed by atoms with Gasteiger partial charge >= 0.3 is 0 Å². The Labute approximate surface area is 200 Å². The number of ether oxygens (including phenoxy) is 1. The summed E-state index contributed by atoms with van der Waals surface area (Å²) in [6.45, 7) is 2.51. The van der Waals surface area contributed by atoms with Crippen LogP contribution in [0.3, 0.4) is 0 Å². The van der Waals surface area contributed by atoms with Gasteiger partial charge in [-0.25, -0.2) is 4.98 Å². The van der Waals surface area contributed by atoms with Crippen molar-refractivity contribution >= 4 is 29.0 Å². The van der Waals surface area contributed by atoms with E-state index < -0.39 is 0 Å². The number of thiazole rings is 1. The number of amides is 1. The summed E-state index contributed by atoms with van der Waals surface area (Å²) < 4.78 is 5.34. The lowest BCUT2D eigenvalue weighted by Crippen LogP contribution is -2.27. The fraction of sp³-hybridized carbons (Fsp3) is 0.208. The van der Waals surface area contributed by atoms with Crippen LogP contribution in [0.5, 0.6) is 5.75 Å². The van der Waals surface area contributed by atoms with Crippen molar-refractivity contribution in [1.29, 1.82) is 0 Å². The van der Waals surface area contributed by atoms with Gasteiger partial charge in [0.15, 0.2) is 0 Å². The van der Waals surface area contributed by atoms with E-state index in [-0.39, 0.29) is 11.7 Å². The van der Waals surface area contributed by atoms with E-state index in [0.29, 0.717) is 18.0 Å². The average molecular weight is 478 g/mol. The fourth-order valence-electron chi connectivity index (χ4n) is 3.20. The van der Waals surface area contributed by atoms with Gasteiger partial charge in [-0.15, -0.1) is 21.5 Å². The van der Waals surface area contributed by atoms with Crippen molar-refractivity contribution in [3.63, 3.8) is 0 Å². The van der Waals surface area contributed by atoms with E-state index in [0.717, 1.165) is 38.1 Å². The molecule has 0 bridgehead atoms. The maximum absolute atomic E-state index is 12.2. The predicted octanol–water partition coefficient (Wildman–Crippen LogP) is 4.43. The molecule has 33 heavy (non-hydrogen) atoms. The van der Waals surface area contributed by atoms with Crippen LogP contribution in [0.1, 0.15) is 11.3 Å². The normalized spacial score (nSPS) is 10.7. The number of thioether (sulfide) groups is 1. The minimum atomic E-state index is -0.0415. The molecule has 1 N–H and O–H groups in total. The van der Waals surface area contributed by atoms with Crippen molar-refractivity contribution in [2.75, 3.05) is 19.4 Å². The molecule has 1 amide bonds. The minimum Gasteiger partial charge on any atom is -0.496 e. The van der Waals surface area contributed by atoms with Crippen LogP contribution < -0.4 is 10.1 Å². The molecule has 3 heterocycles. The number of pyridine rings is 1. The van der Waals surface area contributed by atoms with E-state index in [1.165, 1.54) is 11.8 Å². The molecule has 0 aliphatic heterocycles. The van der Waals surface area contributed by atoms with Gasteiger partial charge in [-0.3, -0.25) is 9.78 Å². The lowest BCUT2D eigenvalue weighted by Gasteiger charge is -2.09. The molecule has 4 aromatic rings. The Kier molecular flexibility index (Phi) is 7.64. The van der Waals surface area contributed by atoms with Gasteiger partial charge in [0.2, 0.25) is 5.91 Å². The molecule has 0 aliphatic rings. The van der Waals surface area contributed by atoms with Crippen molar-refractivity contribution in [2.45, 2.75) is 18.4 Å². The number of carbonyl (C=O) groups is 1. The molecule has 3 aromatic heterocycles. The van der Waals surface area contributed by atoms with Crippen molar-refractivity contribution in [2.24, 2.45) is 0 Å². The number of carbonyl (C=O) groups excluding carboxylic acids is 1. The molecule has 0 atom stereocenters. The summed E-state index contributed by atoms with van der Waals surface area (Å²) in [5, 5.41) is 13.2. The van der Waals surface area contributed by atoms with Crippen LogP contribution in [0.4, 0.5) is 0 Å². The van der Waals surface area contributed by atoms with Gasteiger partial charge in [0.25, 0.3) is 0 Å². The number of aryl methyl sites for hydroxylation is 1. The molecule has 7 nitrogen and oxygen atoms in total. The number of hydrogen-bond donors (Lipinski definition) is 1. The van der Waals surface area contributed by atoms with Gasteiger partial charge in [0, 0.05) is 24.5 Å². The molecular formula is C24H23N5O2S2. The van der Waals surface area contributed by atoms with Gasteiger partial charge in [-0.1, -0.05) is 30.0 Å². The molecule has 1 aromatic carbocycles. The van der Waals surface area contributed by atoms with Gasteiger partial charge in [0.1, 0.15) is 21.5 Å². The predicted molar refractivity (Wildman–Crippen MR) is 132 cm³/mol. The molecule has 0 radical (unpaired) electrons. The van der Waals surface area contributed by atoms with Crippen molar-refractivity contribution in [3.05, 3.63) is 72.2 Å². The molecule has 9 heteroatoms. The van der Waals surface area contributed by atoms with Crippen LogP contribution >= 0.6 is 23.1 Å². The first-order valence-corrected chi connectivity index (χ1v) is 12.2. The van der Waals surface area contributed by atoms with Gasteiger partial charge < -0.3 is 10.1 Å². The topological polar surface area (TPSA) is 89.9 Å². The second-order valence-corrected chi connectivity index (χ2v) is 9.13. The molecule has 0 saturated carbocycles. The molecular weight excluding hydrogens is 454 g/mol. The molecule has 0 unspecified atom stereocenters. The summed E-state index contributed by atoms with van der Waals surface area (Å²) in [6, 6.07) is 15.5. The third-order valence-corrected chi connectivity index (χ3v) is 6.99. The Bertz CT molecular complexity index is 1210. The quantitative estimate of drug-likeness (QED) is 0.357. The van der Waals surface area contributed by atoms with Crippen LogP contribution in [0, 0.1) is 6.92 Å². The summed E-state index contributed by atoms with van der Waals surface area (Å²) in [6.07, 6.45) is 4.26. The van der Waals surface area contributed by atoms with E-state index in [1.807, 2.05) is 55.5 Å². The van der Waals surface area contributed by atoms with E-state index in [1.54, 1.807) is 30.8 Å². The number of hydrogen-bond acceptors (Lipinski definition) is 8. The first-order chi connectivity index (χ1) is 16.1. The smallest absolute Gasteiger partial charge is 0.230 e. The molecule has 0 spiro atoms. The Morgan fingerprint density at radius 1 is 1.12 bits per heavy atom. The van der Waals surface area contributed by atoms with E-state index >= 15 is 0 Å². The number of nitrogens with one attached hydrogen (secondary N) is 1. The maximum atomic E-state index is 12.2. The highest BCUT2D eigenvalue weighted by Crippen LogP contribution is 2.34. The highest BCUT2D eigenvalue weighted by molar-refractivity contribution is 7.99. The number of nitrogens with zero attached hydrogens (tertiary/aromatic N) is 4. The summed E-state index contributed by atoms with van der Waals surface area (Å²) in [4.78, 5) is 22.0. The first-order valence-electron chi connectivity index (χ1n) is 10.4. The maximum Gasteiger partial charge on any atom is 0.230 e. The fourth-order valence-corrected chi connectivity index (χ4v) is 4.87. The lowest BCUT2D eigenvalue weighted by atomic mass is 10.1. The Balaban J connectivity index is 1.29. The number of rotatable bonds is 9. The molecule has 0 fully saturated rings. The van der Waals surface area contributed by atoms with Crippen molar-refractivity contribution in [3.8, 4) is 26.9 Å². The number of benzene rings is 1. The van der Waals surface area contributed by atoms with Gasteiger partial charge in [0.05, 0.1) is 23.4 Å². The Morgan fingerprint density at radius 3 is 2.76 bits per heavy atom. The second-order valence-electron chi connectivity index (χ2n) is 7.13. The van der Waals surface area contributed by atoms with Gasteiger partial charge in [-0.2, -0.15) is 0 Å². The lowest BCUT2D eigenvalue weighted by molar-refractivity contribution is -0.118. The standard InChI is InChI=1S/C24H23N5O2S2/c1-16-23(33-24(27-16)18-7-5-12-25-14-18)19-9-10-22(29-28-19)32-15-21(30)26-13-11-17-6-3-4-8-20(17)31-2/h3-10,12,14H,11,13,15H2,1-2H3,(H,26,30). The van der Waals surface area contributed by atoms with Gasteiger partial charge in [-0.05, 0) is 49.2 Å². The number of para-hydroxylation sites is 1. The summed E-state index contributed by atoms with van der Waals surface area (Å²) in [5.41, 5.74) is 3.72. The minimum absolute atomic E-state index is 0.0415. The second kappa shape index (κ2) is 11.0.